The fourth-order valence-corrected chi connectivity index (χ4v) is 5.54. The molecule has 1 amide bonds. The number of carbonyl (C=O) groups excluding carboxylic acids is 1. The van der Waals surface area contributed by atoms with Crippen molar-refractivity contribution >= 4 is 23.2 Å². The summed E-state index contributed by atoms with van der Waals surface area (Å²) in [5.41, 5.74) is 3.23. The first-order valence-electron chi connectivity index (χ1n) is 12.2. The van der Waals surface area contributed by atoms with Gasteiger partial charge in [-0.25, -0.2) is 15.0 Å². The van der Waals surface area contributed by atoms with Crippen LogP contribution < -0.4 is 5.32 Å². The van der Waals surface area contributed by atoms with E-state index in [4.69, 9.17) is 10.1 Å². The Kier molecular flexibility index (Phi) is 8.32. The summed E-state index contributed by atoms with van der Waals surface area (Å²) in [4.78, 5) is 25.9. The Morgan fingerprint density at radius 2 is 1.92 bits per heavy atom. The van der Waals surface area contributed by atoms with E-state index in [2.05, 4.69) is 27.4 Å². The van der Waals surface area contributed by atoms with Crippen molar-refractivity contribution in [3.05, 3.63) is 60.3 Å². The first kappa shape index (κ1) is 25.8. The molecule has 1 aromatic carbocycles. The van der Waals surface area contributed by atoms with E-state index in [1.54, 1.807) is 35.6 Å². The van der Waals surface area contributed by atoms with E-state index in [-0.39, 0.29) is 12.0 Å². The van der Waals surface area contributed by atoms with Crippen molar-refractivity contribution in [2.75, 3.05) is 18.9 Å². The largest absolute Gasteiger partial charge is 0.516 e. The van der Waals surface area contributed by atoms with Gasteiger partial charge in [0.15, 0.2) is 0 Å². The third kappa shape index (κ3) is 6.47. The first-order valence-corrected chi connectivity index (χ1v) is 13.1. The van der Waals surface area contributed by atoms with Gasteiger partial charge in [0, 0.05) is 43.7 Å². The van der Waals surface area contributed by atoms with Gasteiger partial charge in [-0.1, -0.05) is 30.3 Å². The van der Waals surface area contributed by atoms with Crippen LogP contribution in [0.5, 0.6) is 0 Å². The van der Waals surface area contributed by atoms with E-state index < -0.39 is 0 Å². The number of hydrogen-bond acceptors (Lipinski definition) is 8. The minimum Gasteiger partial charge on any atom is -0.516 e. The molecule has 9 heteroatoms. The van der Waals surface area contributed by atoms with E-state index >= 15 is 0 Å². The van der Waals surface area contributed by atoms with Crippen LogP contribution in [-0.4, -0.2) is 61.7 Å². The molecule has 0 radical (unpaired) electrons. The molecule has 2 aromatic heterocycles. The maximum atomic E-state index is 10.6. The zero-order valence-electron chi connectivity index (χ0n) is 20.7. The number of anilines is 1. The predicted molar refractivity (Wildman–Crippen MR) is 143 cm³/mol. The molecule has 5 rings (SSSR count). The van der Waals surface area contributed by atoms with Crippen LogP contribution in [0.15, 0.2) is 60.3 Å². The van der Waals surface area contributed by atoms with Gasteiger partial charge in [-0.15, -0.1) is 11.3 Å². The number of benzene rings is 1. The van der Waals surface area contributed by atoms with Crippen LogP contribution >= 0.6 is 11.3 Å². The summed E-state index contributed by atoms with van der Waals surface area (Å²) in [7, 11) is 1.73. The zero-order chi connectivity index (χ0) is 25.5. The Balaban J connectivity index is 0.000000261. The lowest BCUT2D eigenvalue weighted by Crippen LogP contribution is -2.54. The van der Waals surface area contributed by atoms with Crippen LogP contribution in [0, 0.1) is 5.41 Å². The van der Waals surface area contributed by atoms with Gasteiger partial charge in [-0.2, -0.15) is 0 Å². The number of aromatic nitrogens is 3. The van der Waals surface area contributed by atoms with Crippen molar-refractivity contribution in [2.24, 2.45) is 5.41 Å². The summed E-state index contributed by atoms with van der Waals surface area (Å²) in [6, 6.07) is 12.5. The average Bonchev–Trinajstić information content (AvgIpc) is 3.34. The molecular weight excluding hydrogens is 474 g/mol. The molecule has 2 saturated carbocycles. The lowest BCUT2D eigenvalue weighted by atomic mass is 9.53. The highest BCUT2D eigenvalue weighted by atomic mass is 32.1. The molecule has 36 heavy (non-hydrogen) atoms. The van der Waals surface area contributed by atoms with Gasteiger partial charge in [-0.05, 0) is 49.7 Å². The maximum Gasteiger partial charge on any atom is 0.223 e. The summed E-state index contributed by atoms with van der Waals surface area (Å²) in [6.07, 6.45) is 9.12. The second-order valence-corrected chi connectivity index (χ2v) is 10.5. The highest BCUT2D eigenvalue weighted by molar-refractivity contribution is 7.13. The standard InChI is InChI=1S/C20H20N4OS.C7H13NO2/c25-15-10-20(11-15)8-14(9-20)22-19-21-7-6-16(24-19)17-12-26-18(23-17)13-4-2-1-3-5-13;1-7(10)8(2)5-3-4-6-9/h1-7,12,14-15,25H,8-11H2,(H,21,22,24);4,6,9H,3,5H2,1-2H3. The average molecular weight is 508 g/mol. The molecule has 0 unspecified atom stereocenters. The summed E-state index contributed by atoms with van der Waals surface area (Å²) >= 11 is 1.63. The van der Waals surface area contributed by atoms with Crippen molar-refractivity contribution in [3.8, 4) is 22.0 Å². The highest BCUT2D eigenvalue weighted by Crippen LogP contribution is 2.56. The minimum absolute atomic E-state index is 0.0475. The Morgan fingerprint density at radius 3 is 2.58 bits per heavy atom. The van der Waals surface area contributed by atoms with Gasteiger partial charge in [0.25, 0.3) is 0 Å². The van der Waals surface area contributed by atoms with Gasteiger partial charge < -0.3 is 20.4 Å². The summed E-state index contributed by atoms with van der Waals surface area (Å²) in [6.45, 7) is 2.18. The lowest BCUT2D eigenvalue weighted by molar-refractivity contribution is -0.127. The van der Waals surface area contributed by atoms with Crippen molar-refractivity contribution < 1.29 is 15.0 Å². The number of rotatable bonds is 7. The number of aliphatic hydroxyl groups excluding tert-OH is 2. The highest BCUT2D eigenvalue weighted by Gasteiger charge is 2.52. The second-order valence-electron chi connectivity index (χ2n) is 9.60. The molecule has 190 valence electrons. The van der Waals surface area contributed by atoms with E-state index in [9.17, 15) is 9.90 Å². The molecule has 0 atom stereocenters. The normalized spacial score (nSPS) is 22.3. The van der Waals surface area contributed by atoms with Gasteiger partial charge in [0.05, 0.1) is 18.1 Å². The Labute approximate surface area is 215 Å². The first-order chi connectivity index (χ1) is 17.4. The van der Waals surface area contributed by atoms with Gasteiger partial charge >= 0.3 is 0 Å². The van der Waals surface area contributed by atoms with Gasteiger partial charge in [0.1, 0.15) is 10.7 Å². The van der Waals surface area contributed by atoms with Crippen molar-refractivity contribution in [1.29, 1.82) is 0 Å². The maximum absolute atomic E-state index is 10.6. The van der Waals surface area contributed by atoms with Crippen LogP contribution in [0.3, 0.4) is 0 Å². The van der Waals surface area contributed by atoms with Crippen LogP contribution in [0.2, 0.25) is 0 Å². The molecule has 0 aliphatic heterocycles. The quantitative estimate of drug-likeness (QED) is 0.390. The van der Waals surface area contributed by atoms with E-state index in [1.807, 2.05) is 29.6 Å². The topological polar surface area (TPSA) is 111 Å². The smallest absolute Gasteiger partial charge is 0.223 e. The van der Waals surface area contributed by atoms with Gasteiger partial charge in [0.2, 0.25) is 11.9 Å². The van der Waals surface area contributed by atoms with Gasteiger partial charge in [-0.3, -0.25) is 4.79 Å². The van der Waals surface area contributed by atoms with Crippen molar-refractivity contribution in [3.63, 3.8) is 0 Å². The number of carbonyl (C=O) groups is 1. The van der Waals surface area contributed by atoms with Crippen LogP contribution in [0.4, 0.5) is 5.95 Å². The van der Waals surface area contributed by atoms with E-state index in [0.717, 1.165) is 53.9 Å². The Bertz CT molecular complexity index is 1170. The molecule has 1 spiro atoms. The zero-order valence-corrected chi connectivity index (χ0v) is 21.5. The number of nitrogens with one attached hydrogen (secondary N) is 1. The lowest BCUT2D eigenvalue weighted by Gasteiger charge is -2.56. The number of amides is 1. The fraction of sp³-hybridized carbons (Fsp3) is 0.407. The number of aliphatic hydroxyl groups is 2. The molecular formula is C27H33N5O3S. The Hall–Kier alpha value is -3.30. The molecule has 0 saturated heterocycles. The second kappa shape index (κ2) is 11.6. The van der Waals surface area contributed by atoms with E-state index in [1.165, 1.54) is 6.92 Å². The molecule has 2 heterocycles. The van der Waals surface area contributed by atoms with Crippen LogP contribution in [-0.2, 0) is 4.79 Å². The SMILES string of the molecule is CC(=O)N(C)CCC=CO.OC1CC2(C1)CC(Nc1nccc(-c3csc(-c4ccccc4)n3)n1)C2. The molecule has 2 aliphatic carbocycles. The summed E-state index contributed by atoms with van der Waals surface area (Å²) < 4.78 is 0. The van der Waals surface area contributed by atoms with E-state index in [0.29, 0.717) is 30.4 Å². The summed E-state index contributed by atoms with van der Waals surface area (Å²) in [5, 5.41) is 24.2. The van der Waals surface area contributed by atoms with Crippen LogP contribution in [0.1, 0.15) is 39.0 Å². The molecule has 3 aromatic rings. The third-order valence-electron chi connectivity index (χ3n) is 6.75. The third-order valence-corrected chi connectivity index (χ3v) is 7.64. The number of nitrogens with zero attached hydrogens (tertiary/aromatic N) is 4. The van der Waals surface area contributed by atoms with Crippen molar-refractivity contribution in [1.82, 2.24) is 19.9 Å². The summed E-state index contributed by atoms with van der Waals surface area (Å²) in [5.74, 6) is 0.711. The van der Waals surface area contributed by atoms with Crippen LogP contribution in [0.25, 0.3) is 22.0 Å². The number of hydrogen-bond donors (Lipinski definition) is 3. The Morgan fingerprint density at radius 1 is 1.17 bits per heavy atom. The predicted octanol–water partition coefficient (Wildman–Crippen LogP) is 4.91. The molecule has 8 nitrogen and oxygen atoms in total. The molecule has 2 fully saturated rings. The number of thiazole rings is 1. The molecule has 2 aliphatic rings. The minimum atomic E-state index is -0.0843. The van der Waals surface area contributed by atoms with Crippen molar-refractivity contribution in [2.45, 2.75) is 51.2 Å². The fourth-order valence-electron chi connectivity index (χ4n) is 4.72. The molecule has 0 bridgehead atoms. The monoisotopic (exact) mass is 507 g/mol. The molecule has 3 N–H and O–H groups in total.